The van der Waals surface area contributed by atoms with Gasteiger partial charge in [-0.3, -0.25) is 0 Å². The molecule has 1 N–H and O–H groups in total. The van der Waals surface area contributed by atoms with Gasteiger partial charge >= 0.3 is 5.97 Å². The molecule has 1 saturated heterocycles. The Morgan fingerprint density at radius 2 is 1.88 bits per heavy atom. The molecule has 140 valence electrons. The van der Waals surface area contributed by atoms with Gasteiger partial charge in [-0.15, -0.1) is 0 Å². The highest BCUT2D eigenvalue weighted by atomic mass is 16.6. The zero-order valence-corrected chi connectivity index (χ0v) is 16.1. The summed E-state index contributed by atoms with van der Waals surface area (Å²) >= 11 is 0. The third-order valence-electron chi connectivity index (χ3n) is 4.67. The first-order chi connectivity index (χ1) is 12.0. The first-order valence-corrected chi connectivity index (χ1v) is 9.22. The van der Waals surface area contributed by atoms with Gasteiger partial charge in [0.05, 0.1) is 7.11 Å². The van der Waals surface area contributed by atoms with Crippen LogP contribution >= 0.6 is 0 Å². The Balaban J connectivity index is 1.80. The molecule has 0 radical (unpaired) electrons. The van der Waals surface area contributed by atoms with Crippen molar-refractivity contribution < 1.29 is 14.3 Å². The van der Waals surface area contributed by atoms with Crippen molar-refractivity contribution in [3.8, 4) is 5.75 Å². The summed E-state index contributed by atoms with van der Waals surface area (Å²) in [6.07, 6.45) is 2.70. The lowest BCUT2D eigenvalue weighted by Gasteiger charge is -2.20. The van der Waals surface area contributed by atoms with Crippen molar-refractivity contribution in [2.24, 2.45) is 5.92 Å². The van der Waals surface area contributed by atoms with Crippen molar-refractivity contribution in [2.45, 2.75) is 40.2 Å². The Hall–Kier alpha value is -1.59. The van der Waals surface area contributed by atoms with Crippen LogP contribution in [0.5, 0.6) is 5.75 Å². The van der Waals surface area contributed by atoms with Gasteiger partial charge in [0.25, 0.3) is 0 Å². The minimum absolute atomic E-state index is 0.0518. The molecule has 1 unspecified atom stereocenters. The van der Waals surface area contributed by atoms with E-state index >= 15 is 0 Å². The maximum Gasteiger partial charge on any atom is 0.343 e. The zero-order valence-electron chi connectivity index (χ0n) is 16.1. The van der Waals surface area contributed by atoms with Crippen LogP contribution < -0.4 is 10.1 Å². The van der Waals surface area contributed by atoms with Gasteiger partial charge in [-0.25, -0.2) is 4.79 Å². The third kappa shape index (κ3) is 6.33. The number of hydrogen-bond acceptors (Lipinski definition) is 5. The molecule has 1 aliphatic heterocycles. The number of ether oxygens (including phenoxy) is 2. The molecule has 2 rings (SSSR count). The molecule has 1 aromatic rings. The number of benzene rings is 1. The lowest BCUT2D eigenvalue weighted by Crippen LogP contribution is -2.31. The normalized spacial score (nSPS) is 16.0. The molecule has 1 atom stereocenters. The minimum atomic E-state index is -0.364. The second-order valence-electron chi connectivity index (χ2n) is 7.17. The molecule has 0 aromatic heterocycles. The Kier molecular flexibility index (Phi) is 7.72. The van der Waals surface area contributed by atoms with Crippen LogP contribution in [0.2, 0.25) is 0 Å². The molecular formula is C20H32N2O3. The Labute approximate surface area is 151 Å². The van der Waals surface area contributed by atoms with Crippen LogP contribution in [0.25, 0.3) is 0 Å². The first kappa shape index (κ1) is 19.7. The highest BCUT2D eigenvalue weighted by molar-refractivity contribution is 5.71. The number of methoxy groups -OCH3 is 1. The SMILES string of the molecule is COC(=O)COc1c(C)cc(CNCC(C)CN2CCCC2)cc1C. The Morgan fingerprint density at radius 1 is 1.24 bits per heavy atom. The summed E-state index contributed by atoms with van der Waals surface area (Å²) in [4.78, 5) is 13.8. The van der Waals surface area contributed by atoms with E-state index in [-0.39, 0.29) is 12.6 Å². The number of aryl methyl sites for hydroxylation is 2. The van der Waals surface area contributed by atoms with Crippen molar-refractivity contribution in [1.29, 1.82) is 0 Å². The average molecular weight is 348 g/mol. The molecule has 5 heteroatoms. The molecule has 0 spiro atoms. The molecule has 0 bridgehead atoms. The quantitative estimate of drug-likeness (QED) is 0.696. The van der Waals surface area contributed by atoms with Crippen molar-refractivity contribution >= 4 is 5.97 Å². The zero-order chi connectivity index (χ0) is 18.2. The number of esters is 1. The van der Waals surface area contributed by atoms with Crippen LogP contribution in [-0.2, 0) is 16.1 Å². The highest BCUT2D eigenvalue weighted by Gasteiger charge is 2.14. The van der Waals surface area contributed by atoms with Gasteiger partial charge in [0.1, 0.15) is 5.75 Å². The van der Waals surface area contributed by atoms with Crippen LogP contribution in [0.15, 0.2) is 12.1 Å². The van der Waals surface area contributed by atoms with Crippen molar-refractivity contribution in [1.82, 2.24) is 10.2 Å². The lowest BCUT2D eigenvalue weighted by molar-refractivity contribution is -0.142. The van der Waals surface area contributed by atoms with E-state index in [2.05, 4.69) is 34.0 Å². The molecular weight excluding hydrogens is 316 g/mol. The van der Waals surface area contributed by atoms with Gasteiger partial charge in [-0.05, 0) is 68.9 Å². The van der Waals surface area contributed by atoms with Crippen LogP contribution in [0.3, 0.4) is 0 Å². The smallest absolute Gasteiger partial charge is 0.343 e. The van der Waals surface area contributed by atoms with Crippen LogP contribution in [0.1, 0.15) is 36.5 Å². The molecule has 1 heterocycles. The average Bonchev–Trinajstić information content (AvgIpc) is 3.06. The van der Waals surface area contributed by atoms with Gasteiger partial charge in [0, 0.05) is 13.1 Å². The first-order valence-electron chi connectivity index (χ1n) is 9.22. The largest absolute Gasteiger partial charge is 0.481 e. The molecule has 1 aromatic carbocycles. The topological polar surface area (TPSA) is 50.8 Å². The van der Waals surface area contributed by atoms with E-state index in [0.717, 1.165) is 30.0 Å². The molecule has 1 fully saturated rings. The molecule has 5 nitrogen and oxygen atoms in total. The maximum atomic E-state index is 11.2. The Bertz CT molecular complexity index is 545. The van der Waals surface area contributed by atoms with Gasteiger partial charge in [0.2, 0.25) is 0 Å². The van der Waals surface area contributed by atoms with Crippen LogP contribution in [-0.4, -0.2) is 50.8 Å². The number of rotatable bonds is 9. The fourth-order valence-electron chi connectivity index (χ4n) is 3.49. The van der Waals surface area contributed by atoms with Gasteiger partial charge in [-0.1, -0.05) is 19.1 Å². The standard InChI is InChI=1S/C20H32N2O3/c1-15(13-22-7-5-6-8-22)11-21-12-18-9-16(2)20(17(3)10-18)25-14-19(23)24-4/h9-10,15,21H,5-8,11-14H2,1-4H3. The molecule has 1 aliphatic rings. The van der Waals surface area contributed by atoms with E-state index in [1.54, 1.807) is 0 Å². The predicted molar refractivity (Wildman–Crippen MR) is 100.0 cm³/mol. The molecule has 25 heavy (non-hydrogen) atoms. The fourth-order valence-corrected chi connectivity index (χ4v) is 3.49. The number of likely N-dealkylation sites (tertiary alicyclic amines) is 1. The van der Waals surface area contributed by atoms with E-state index in [9.17, 15) is 4.79 Å². The van der Waals surface area contributed by atoms with E-state index in [4.69, 9.17) is 4.74 Å². The monoisotopic (exact) mass is 348 g/mol. The third-order valence-corrected chi connectivity index (χ3v) is 4.67. The molecule has 0 saturated carbocycles. The number of nitrogens with zero attached hydrogens (tertiary/aromatic N) is 1. The summed E-state index contributed by atoms with van der Waals surface area (Å²) in [5.74, 6) is 1.07. The number of carbonyl (C=O) groups is 1. The minimum Gasteiger partial charge on any atom is -0.481 e. The number of carbonyl (C=O) groups excluding carboxylic acids is 1. The maximum absolute atomic E-state index is 11.2. The number of hydrogen-bond donors (Lipinski definition) is 1. The highest BCUT2D eigenvalue weighted by Crippen LogP contribution is 2.25. The summed E-state index contributed by atoms with van der Waals surface area (Å²) < 4.78 is 10.2. The van der Waals surface area contributed by atoms with Crippen molar-refractivity contribution in [2.75, 3.05) is 39.9 Å². The summed E-state index contributed by atoms with van der Waals surface area (Å²) in [7, 11) is 1.37. The number of nitrogens with one attached hydrogen (secondary N) is 1. The van der Waals surface area contributed by atoms with Crippen LogP contribution in [0, 0.1) is 19.8 Å². The van der Waals surface area contributed by atoms with Crippen molar-refractivity contribution in [3.63, 3.8) is 0 Å². The van der Waals surface area contributed by atoms with E-state index in [1.165, 1.54) is 45.1 Å². The van der Waals surface area contributed by atoms with E-state index in [1.807, 2.05) is 13.8 Å². The second-order valence-corrected chi connectivity index (χ2v) is 7.17. The predicted octanol–water partition coefficient (Wildman–Crippen LogP) is 2.68. The molecule has 0 aliphatic carbocycles. The summed E-state index contributed by atoms with van der Waals surface area (Å²) in [5, 5.41) is 3.57. The molecule has 0 amide bonds. The van der Waals surface area contributed by atoms with E-state index in [0.29, 0.717) is 5.92 Å². The van der Waals surface area contributed by atoms with Crippen molar-refractivity contribution in [3.05, 3.63) is 28.8 Å². The van der Waals surface area contributed by atoms with E-state index < -0.39 is 0 Å². The summed E-state index contributed by atoms with van der Waals surface area (Å²) in [6.45, 7) is 11.9. The lowest BCUT2D eigenvalue weighted by atomic mass is 10.1. The Morgan fingerprint density at radius 3 is 2.48 bits per heavy atom. The van der Waals surface area contributed by atoms with Gasteiger partial charge in [0.15, 0.2) is 6.61 Å². The second kappa shape index (κ2) is 9.78. The van der Waals surface area contributed by atoms with Gasteiger partial charge < -0.3 is 19.7 Å². The summed E-state index contributed by atoms with van der Waals surface area (Å²) in [6, 6.07) is 4.25. The van der Waals surface area contributed by atoms with Gasteiger partial charge in [-0.2, -0.15) is 0 Å². The summed E-state index contributed by atoms with van der Waals surface area (Å²) in [5.41, 5.74) is 3.34. The fraction of sp³-hybridized carbons (Fsp3) is 0.650. The van der Waals surface area contributed by atoms with Crippen LogP contribution in [0.4, 0.5) is 0 Å².